The fourth-order valence-electron chi connectivity index (χ4n) is 3.82. The van der Waals surface area contributed by atoms with Crippen molar-refractivity contribution in [2.45, 2.75) is 64.5 Å². The number of hydrogen-bond donors (Lipinski definition) is 2. The van der Waals surface area contributed by atoms with Crippen LogP contribution in [0.25, 0.3) is 0 Å². The number of likely N-dealkylation sites (tertiary alicyclic amines) is 2. The molecule has 2 aliphatic heterocycles. The first kappa shape index (κ1) is 17.5. The first-order valence-corrected chi connectivity index (χ1v) is 9.06. The van der Waals surface area contributed by atoms with Crippen LogP contribution in [0.2, 0.25) is 0 Å². The summed E-state index contributed by atoms with van der Waals surface area (Å²) >= 11 is 0. The molecule has 0 bridgehead atoms. The molecule has 0 spiro atoms. The molecule has 2 saturated heterocycles. The van der Waals surface area contributed by atoms with E-state index >= 15 is 0 Å². The topological polar surface area (TPSA) is 55.8 Å². The summed E-state index contributed by atoms with van der Waals surface area (Å²) in [5.41, 5.74) is 0. The van der Waals surface area contributed by atoms with E-state index in [2.05, 4.69) is 17.1 Å². The van der Waals surface area contributed by atoms with Gasteiger partial charge in [0.1, 0.15) is 0 Å². The van der Waals surface area contributed by atoms with Crippen LogP contribution < -0.4 is 5.32 Å². The average molecular weight is 311 g/mol. The summed E-state index contributed by atoms with van der Waals surface area (Å²) in [6.45, 7) is 8.52. The summed E-state index contributed by atoms with van der Waals surface area (Å²) in [5, 5.41) is 12.7. The molecule has 2 N–H and O–H groups in total. The van der Waals surface area contributed by atoms with Gasteiger partial charge in [0.25, 0.3) is 0 Å². The van der Waals surface area contributed by atoms with Crippen LogP contribution in [0.1, 0.15) is 52.4 Å². The minimum Gasteiger partial charge on any atom is -0.393 e. The average Bonchev–Trinajstić information content (AvgIpc) is 2.55. The zero-order valence-electron chi connectivity index (χ0n) is 14.3. The number of piperidine rings is 2. The molecule has 2 heterocycles. The molecular weight excluding hydrogens is 278 g/mol. The van der Waals surface area contributed by atoms with Crippen LogP contribution in [0, 0.1) is 5.92 Å². The maximum Gasteiger partial charge on any atom is 0.317 e. The van der Waals surface area contributed by atoms with Crippen LogP contribution >= 0.6 is 0 Å². The molecule has 128 valence electrons. The molecule has 2 fully saturated rings. The van der Waals surface area contributed by atoms with Gasteiger partial charge in [0.15, 0.2) is 0 Å². The second-order valence-corrected chi connectivity index (χ2v) is 6.89. The van der Waals surface area contributed by atoms with E-state index in [0.717, 1.165) is 39.0 Å². The molecule has 5 heteroatoms. The van der Waals surface area contributed by atoms with Gasteiger partial charge in [-0.25, -0.2) is 4.79 Å². The third-order valence-electron chi connectivity index (χ3n) is 5.40. The Bertz CT molecular complexity index is 341. The van der Waals surface area contributed by atoms with Gasteiger partial charge < -0.3 is 15.3 Å². The Labute approximate surface area is 135 Å². The van der Waals surface area contributed by atoms with E-state index in [4.69, 9.17) is 0 Å². The molecule has 22 heavy (non-hydrogen) atoms. The molecule has 0 saturated carbocycles. The zero-order chi connectivity index (χ0) is 15.9. The summed E-state index contributed by atoms with van der Waals surface area (Å²) in [6.07, 6.45) is 6.72. The van der Waals surface area contributed by atoms with Gasteiger partial charge >= 0.3 is 6.03 Å². The molecule has 5 nitrogen and oxygen atoms in total. The third-order valence-corrected chi connectivity index (χ3v) is 5.40. The van der Waals surface area contributed by atoms with E-state index in [1.54, 1.807) is 0 Å². The Balaban J connectivity index is 1.65. The monoisotopic (exact) mass is 311 g/mol. The van der Waals surface area contributed by atoms with E-state index in [-0.39, 0.29) is 12.1 Å². The Kier molecular flexibility index (Phi) is 6.96. The lowest BCUT2D eigenvalue weighted by molar-refractivity contribution is 0.0794. The highest BCUT2D eigenvalue weighted by molar-refractivity contribution is 5.74. The lowest BCUT2D eigenvalue weighted by Gasteiger charge is -2.36. The highest BCUT2D eigenvalue weighted by Gasteiger charge is 2.25. The Hall–Kier alpha value is -0.810. The number of urea groups is 1. The van der Waals surface area contributed by atoms with Gasteiger partial charge in [0.05, 0.1) is 6.10 Å². The predicted molar refractivity (Wildman–Crippen MR) is 88.9 cm³/mol. The predicted octanol–water partition coefficient (Wildman–Crippen LogP) is 2.05. The highest BCUT2D eigenvalue weighted by atomic mass is 16.3. The summed E-state index contributed by atoms with van der Waals surface area (Å²) in [4.78, 5) is 16.6. The maximum atomic E-state index is 12.2. The third kappa shape index (κ3) is 4.85. The minimum atomic E-state index is -0.254. The maximum absolute atomic E-state index is 12.2. The largest absolute Gasteiger partial charge is 0.393 e. The zero-order valence-corrected chi connectivity index (χ0v) is 14.3. The second-order valence-electron chi connectivity index (χ2n) is 6.89. The standard InChI is InChI=1S/C17H33N3O2/c1-3-16-6-4-5-10-19(16)13-9-18-17(22)20-11-7-15(8-12-20)14(2)21/h14-16,21H,3-13H2,1-2H3,(H,18,22). The van der Waals surface area contributed by atoms with E-state index in [0.29, 0.717) is 12.0 Å². The number of amides is 2. The fraction of sp³-hybridized carbons (Fsp3) is 0.941. The normalized spacial score (nSPS) is 26.0. The molecule has 2 amide bonds. The van der Waals surface area contributed by atoms with Crippen molar-refractivity contribution in [1.82, 2.24) is 15.1 Å². The Morgan fingerprint density at radius 3 is 2.59 bits per heavy atom. The lowest BCUT2D eigenvalue weighted by atomic mass is 9.92. The minimum absolute atomic E-state index is 0.0640. The van der Waals surface area contributed by atoms with Gasteiger partial charge in [-0.15, -0.1) is 0 Å². The first-order valence-electron chi connectivity index (χ1n) is 9.06. The molecule has 0 aromatic heterocycles. The quantitative estimate of drug-likeness (QED) is 0.817. The highest BCUT2D eigenvalue weighted by Crippen LogP contribution is 2.21. The SMILES string of the molecule is CCC1CCCCN1CCNC(=O)N1CCC(C(C)O)CC1. The van der Waals surface area contributed by atoms with Crippen LogP contribution in [0.5, 0.6) is 0 Å². The van der Waals surface area contributed by atoms with Gasteiger partial charge in [0.2, 0.25) is 0 Å². The van der Waals surface area contributed by atoms with E-state index < -0.39 is 0 Å². The van der Waals surface area contributed by atoms with Gasteiger partial charge in [-0.1, -0.05) is 13.3 Å². The summed E-state index contributed by atoms with van der Waals surface area (Å²) < 4.78 is 0. The van der Waals surface area contributed by atoms with E-state index in [1.807, 2.05) is 11.8 Å². The molecule has 0 aliphatic carbocycles. The molecule has 0 aromatic rings. The van der Waals surface area contributed by atoms with Crippen LogP contribution in [-0.2, 0) is 0 Å². The van der Waals surface area contributed by atoms with Crippen molar-refractivity contribution < 1.29 is 9.90 Å². The number of nitrogens with one attached hydrogen (secondary N) is 1. The smallest absolute Gasteiger partial charge is 0.317 e. The Morgan fingerprint density at radius 1 is 1.23 bits per heavy atom. The number of aliphatic hydroxyl groups is 1. The van der Waals surface area contributed by atoms with Crippen molar-refractivity contribution in [3.63, 3.8) is 0 Å². The molecule has 0 radical (unpaired) electrons. The first-order chi connectivity index (χ1) is 10.6. The van der Waals surface area contributed by atoms with Gasteiger partial charge in [-0.2, -0.15) is 0 Å². The second kappa shape index (κ2) is 8.73. The van der Waals surface area contributed by atoms with Crippen molar-refractivity contribution >= 4 is 6.03 Å². The van der Waals surface area contributed by atoms with Crippen LogP contribution in [0.3, 0.4) is 0 Å². The summed E-state index contributed by atoms with van der Waals surface area (Å²) in [6, 6.07) is 0.765. The van der Waals surface area contributed by atoms with Crippen LogP contribution in [0.4, 0.5) is 4.79 Å². The van der Waals surface area contributed by atoms with Gasteiger partial charge in [-0.05, 0) is 51.5 Å². The molecule has 2 aliphatic rings. The number of rotatable bonds is 5. The molecular formula is C17H33N3O2. The van der Waals surface area contributed by atoms with Crippen molar-refractivity contribution in [1.29, 1.82) is 0 Å². The number of aliphatic hydroxyl groups excluding tert-OH is 1. The van der Waals surface area contributed by atoms with Crippen molar-refractivity contribution in [3.8, 4) is 0 Å². The Morgan fingerprint density at radius 2 is 1.95 bits per heavy atom. The fourth-order valence-corrected chi connectivity index (χ4v) is 3.82. The number of hydrogen-bond acceptors (Lipinski definition) is 3. The molecule has 2 atom stereocenters. The summed E-state index contributed by atoms with van der Waals surface area (Å²) in [7, 11) is 0. The molecule has 0 aromatic carbocycles. The van der Waals surface area contributed by atoms with Crippen molar-refractivity contribution in [2.24, 2.45) is 5.92 Å². The lowest BCUT2D eigenvalue weighted by Crippen LogP contribution is -2.48. The number of nitrogens with zero attached hydrogens (tertiary/aromatic N) is 2. The number of carbonyl (C=O) groups excluding carboxylic acids is 1. The van der Waals surface area contributed by atoms with Crippen molar-refractivity contribution in [2.75, 3.05) is 32.7 Å². The number of carbonyl (C=O) groups is 1. The van der Waals surface area contributed by atoms with Crippen LogP contribution in [-0.4, -0.2) is 65.8 Å². The molecule has 2 rings (SSSR count). The van der Waals surface area contributed by atoms with E-state index in [9.17, 15) is 9.90 Å². The van der Waals surface area contributed by atoms with Gasteiger partial charge in [-0.3, -0.25) is 4.90 Å². The van der Waals surface area contributed by atoms with Crippen molar-refractivity contribution in [3.05, 3.63) is 0 Å². The van der Waals surface area contributed by atoms with Crippen LogP contribution in [0.15, 0.2) is 0 Å². The van der Waals surface area contributed by atoms with E-state index in [1.165, 1.54) is 32.2 Å². The molecule has 2 unspecified atom stereocenters. The summed E-state index contributed by atoms with van der Waals surface area (Å²) in [5.74, 6) is 0.350. The van der Waals surface area contributed by atoms with Gasteiger partial charge in [0, 0.05) is 32.2 Å².